The fourth-order valence-corrected chi connectivity index (χ4v) is 2.55. The Hall–Kier alpha value is -1.05. The predicted molar refractivity (Wildman–Crippen MR) is 60.2 cm³/mol. The van der Waals surface area contributed by atoms with Gasteiger partial charge in [-0.3, -0.25) is 0 Å². The van der Waals surface area contributed by atoms with Gasteiger partial charge in [0.05, 0.1) is 11.4 Å². The topological polar surface area (TPSA) is 3.01 Å². The highest BCUT2D eigenvalue weighted by Gasteiger charge is 2.36. The number of nitrogens with zero attached hydrogens (tertiary/aromatic N) is 1. The highest BCUT2D eigenvalue weighted by molar-refractivity contribution is 5.96. The zero-order valence-corrected chi connectivity index (χ0v) is 9.31. The molecule has 0 unspecified atom stereocenters. The van der Waals surface area contributed by atoms with Crippen molar-refractivity contribution in [3.8, 4) is 0 Å². The minimum absolute atomic E-state index is 0.0233. The van der Waals surface area contributed by atoms with E-state index in [4.69, 9.17) is 0 Å². The Labute approximate surface area is 89.9 Å². The van der Waals surface area contributed by atoms with Crippen molar-refractivity contribution in [1.82, 2.24) is 0 Å². The molecule has 0 spiro atoms. The molecule has 2 aliphatic rings. The monoisotopic (exact) mass is 205 g/mol. The summed E-state index contributed by atoms with van der Waals surface area (Å²) in [6.45, 7) is 4.85. The van der Waals surface area contributed by atoms with Gasteiger partial charge in [-0.15, -0.1) is 0 Å². The number of hydrogen-bond acceptors (Lipinski definition) is 1. The minimum atomic E-state index is -0.0233. The van der Waals surface area contributed by atoms with Crippen molar-refractivity contribution in [2.24, 2.45) is 5.92 Å². The van der Waals surface area contributed by atoms with E-state index < -0.39 is 0 Å². The molecule has 0 saturated heterocycles. The second kappa shape index (κ2) is 2.97. The highest BCUT2D eigenvalue weighted by Crippen LogP contribution is 2.53. The molecule has 0 amide bonds. The SMILES string of the molecule is Cc1cc2c(c(C)c1F)N2CC1CCC1. The van der Waals surface area contributed by atoms with Gasteiger partial charge in [-0.1, -0.05) is 6.42 Å². The number of fused-ring (bicyclic) bond motifs is 1. The van der Waals surface area contributed by atoms with Crippen LogP contribution in [0.25, 0.3) is 0 Å². The van der Waals surface area contributed by atoms with Crippen molar-refractivity contribution >= 4 is 11.4 Å². The van der Waals surface area contributed by atoms with Crippen LogP contribution in [0.3, 0.4) is 0 Å². The van der Waals surface area contributed by atoms with E-state index in [2.05, 4.69) is 4.90 Å². The maximum absolute atomic E-state index is 13.6. The van der Waals surface area contributed by atoms with E-state index in [1.165, 1.54) is 24.9 Å². The predicted octanol–water partition coefficient (Wildman–Crippen LogP) is 3.69. The lowest BCUT2D eigenvalue weighted by atomic mass is 9.85. The van der Waals surface area contributed by atoms with Gasteiger partial charge in [-0.05, 0) is 44.2 Å². The van der Waals surface area contributed by atoms with Crippen molar-refractivity contribution in [2.45, 2.75) is 33.1 Å². The van der Waals surface area contributed by atoms with Gasteiger partial charge in [0.25, 0.3) is 0 Å². The summed E-state index contributed by atoms with van der Waals surface area (Å²) in [7, 11) is 0. The van der Waals surface area contributed by atoms with Crippen LogP contribution in [0.1, 0.15) is 30.4 Å². The third-order valence-electron chi connectivity index (χ3n) is 3.80. The van der Waals surface area contributed by atoms with Gasteiger partial charge in [0.15, 0.2) is 0 Å². The van der Waals surface area contributed by atoms with E-state index in [1.54, 1.807) is 0 Å². The first-order valence-electron chi connectivity index (χ1n) is 5.75. The van der Waals surface area contributed by atoms with Crippen LogP contribution < -0.4 is 4.90 Å². The Balaban J connectivity index is 1.83. The molecule has 0 atom stereocenters. The number of aryl methyl sites for hydroxylation is 1. The summed E-state index contributed by atoms with van der Waals surface area (Å²) < 4.78 is 13.6. The fraction of sp³-hybridized carbons (Fsp3) is 0.538. The Bertz CT molecular complexity index is 421. The van der Waals surface area contributed by atoms with Crippen LogP contribution in [0.5, 0.6) is 0 Å². The molecule has 0 radical (unpaired) electrons. The van der Waals surface area contributed by atoms with Gasteiger partial charge in [0.2, 0.25) is 0 Å². The van der Waals surface area contributed by atoms with Gasteiger partial charge >= 0.3 is 0 Å². The van der Waals surface area contributed by atoms with Crippen LogP contribution in [-0.2, 0) is 0 Å². The fourth-order valence-electron chi connectivity index (χ4n) is 2.55. The number of halogens is 1. The Morgan fingerprint density at radius 2 is 2.13 bits per heavy atom. The van der Waals surface area contributed by atoms with E-state index in [0.717, 1.165) is 29.3 Å². The molecular formula is C13H16FN. The highest BCUT2D eigenvalue weighted by atomic mass is 19.1. The van der Waals surface area contributed by atoms with Crippen LogP contribution in [-0.4, -0.2) is 6.54 Å². The molecule has 3 rings (SSSR count). The molecule has 0 aromatic heterocycles. The Morgan fingerprint density at radius 3 is 2.73 bits per heavy atom. The first-order chi connectivity index (χ1) is 7.18. The third-order valence-corrected chi connectivity index (χ3v) is 3.80. The summed E-state index contributed by atoms with van der Waals surface area (Å²) in [5.41, 5.74) is 4.04. The average Bonchev–Trinajstić information content (AvgIpc) is 2.81. The van der Waals surface area contributed by atoms with Crippen LogP contribution in [0.2, 0.25) is 0 Å². The van der Waals surface area contributed by atoms with E-state index in [1.807, 2.05) is 19.9 Å². The second-order valence-electron chi connectivity index (χ2n) is 4.91. The summed E-state index contributed by atoms with van der Waals surface area (Å²) in [5, 5.41) is 0. The lowest BCUT2D eigenvalue weighted by Crippen LogP contribution is -2.21. The number of anilines is 2. The zero-order chi connectivity index (χ0) is 10.6. The maximum Gasteiger partial charge on any atom is 0.131 e. The molecule has 1 fully saturated rings. The van der Waals surface area contributed by atoms with Crippen LogP contribution >= 0.6 is 0 Å². The van der Waals surface area contributed by atoms with E-state index in [-0.39, 0.29) is 5.82 Å². The second-order valence-corrected chi connectivity index (χ2v) is 4.91. The van der Waals surface area contributed by atoms with Crippen molar-refractivity contribution in [3.63, 3.8) is 0 Å². The van der Waals surface area contributed by atoms with Crippen molar-refractivity contribution in [1.29, 1.82) is 0 Å². The largest absolute Gasteiger partial charge is 0.337 e. The molecule has 0 bridgehead atoms. The van der Waals surface area contributed by atoms with Gasteiger partial charge in [-0.25, -0.2) is 4.39 Å². The molecule has 1 aliphatic carbocycles. The lowest BCUT2D eigenvalue weighted by molar-refractivity contribution is 0.327. The number of benzene rings is 1. The minimum Gasteiger partial charge on any atom is -0.337 e. The van der Waals surface area contributed by atoms with Gasteiger partial charge < -0.3 is 4.90 Å². The van der Waals surface area contributed by atoms with Gasteiger partial charge in [-0.2, -0.15) is 0 Å². The first-order valence-corrected chi connectivity index (χ1v) is 5.75. The average molecular weight is 205 g/mol. The number of hydrogen-bond donors (Lipinski definition) is 0. The van der Waals surface area contributed by atoms with E-state index in [9.17, 15) is 4.39 Å². The summed E-state index contributed by atoms with van der Waals surface area (Å²) in [4.78, 5) is 2.29. The third kappa shape index (κ3) is 1.27. The molecular weight excluding hydrogens is 189 g/mol. The summed E-state index contributed by atoms with van der Waals surface area (Å²) >= 11 is 0. The van der Waals surface area contributed by atoms with Crippen LogP contribution in [0, 0.1) is 25.6 Å². The number of rotatable bonds is 2. The van der Waals surface area contributed by atoms with Gasteiger partial charge in [0.1, 0.15) is 5.82 Å². The van der Waals surface area contributed by atoms with Crippen LogP contribution in [0.15, 0.2) is 6.07 Å². The Kier molecular flexibility index (Phi) is 1.82. The molecule has 1 aliphatic heterocycles. The molecule has 1 heterocycles. The molecule has 1 aromatic rings. The zero-order valence-electron chi connectivity index (χ0n) is 9.31. The molecule has 0 N–H and O–H groups in total. The summed E-state index contributed by atoms with van der Waals surface area (Å²) in [6.07, 6.45) is 4.08. The summed E-state index contributed by atoms with van der Waals surface area (Å²) in [5.74, 6) is 0.824. The quantitative estimate of drug-likeness (QED) is 0.665. The first kappa shape index (κ1) is 9.20. The molecule has 1 saturated carbocycles. The molecule has 1 aromatic carbocycles. The molecule has 15 heavy (non-hydrogen) atoms. The summed E-state index contributed by atoms with van der Waals surface area (Å²) in [6, 6.07) is 1.98. The molecule has 2 heteroatoms. The standard InChI is InChI=1S/C13H16FN/c1-8-6-11-13(9(2)12(8)14)15(11)7-10-4-3-5-10/h6,10H,3-5,7H2,1-2H3. The molecule has 80 valence electrons. The maximum atomic E-state index is 13.6. The van der Waals surface area contributed by atoms with Crippen molar-refractivity contribution in [3.05, 3.63) is 23.0 Å². The van der Waals surface area contributed by atoms with Crippen LogP contribution in [0.4, 0.5) is 15.8 Å². The van der Waals surface area contributed by atoms with Crippen molar-refractivity contribution < 1.29 is 4.39 Å². The van der Waals surface area contributed by atoms with E-state index >= 15 is 0 Å². The lowest BCUT2D eigenvalue weighted by Gasteiger charge is -2.25. The van der Waals surface area contributed by atoms with Gasteiger partial charge in [0, 0.05) is 12.1 Å². The smallest absolute Gasteiger partial charge is 0.131 e. The normalized spacial score (nSPS) is 18.7. The molecule has 1 nitrogen and oxygen atoms in total. The Morgan fingerprint density at radius 1 is 1.40 bits per heavy atom. The van der Waals surface area contributed by atoms with Crippen molar-refractivity contribution in [2.75, 3.05) is 11.4 Å². The van der Waals surface area contributed by atoms with E-state index in [0.29, 0.717) is 0 Å².